The first-order valence-electron chi connectivity index (χ1n) is 6.88. The largest absolute Gasteiger partial charge is 0.313 e. The second kappa shape index (κ2) is 6.53. The van der Waals surface area contributed by atoms with Gasteiger partial charge >= 0.3 is 0 Å². The molecule has 0 aromatic heterocycles. The van der Waals surface area contributed by atoms with E-state index in [0.29, 0.717) is 6.04 Å². The second-order valence-electron chi connectivity index (χ2n) is 5.20. The van der Waals surface area contributed by atoms with E-state index in [1.165, 1.54) is 25.3 Å². The molecule has 1 aliphatic carbocycles. The minimum absolute atomic E-state index is 0.232. The average molecular weight is 270 g/mol. The van der Waals surface area contributed by atoms with Gasteiger partial charge in [-0.2, -0.15) is 0 Å². The van der Waals surface area contributed by atoms with Crippen molar-refractivity contribution in [2.24, 2.45) is 5.92 Å². The minimum atomic E-state index is -0.331. The molecule has 0 heterocycles. The van der Waals surface area contributed by atoms with E-state index in [1.54, 1.807) is 6.07 Å². The van der Waals surface area contributed by atoms with Crippen molar-refractivity contribution in [2.75, 3.05) is 6.54 Å². The molecule has 0 radical (unpaired) electrons. The molecule has 1 nitrogen and oxygen atoms in total. The summed E-state index contributed by atoms with van der Waals surface area (Å²) in [4.78, 5) is 0. The van der Waals surface area contributed by atoms with E-state index in [2.05, 4.69) is 12.2 Å². The van der Waals surface area contributed by atoms with Crippen molar-refractivity contribution in [3.05, 3.63) is 34.6 Å². The third-order valence-corrected chi connectivity index (χ3v) is 4.10. The van der Waals surface area contributed by atoms with Crippen LogP contribution in [0.25, 0.3) is 0 Å². The predicted molar refractivity (Wildman–Crippen MR) is 74.5 cm³/mol. The Morgan fingerprint density at radius 2 is 2.22 bits per heavy atom. The highest BCUT2D eigenvalue weighted by molar-refractivity contribution is 6.30. The Morgan fingerprint density at radius 3 is 2.78 bits per heavy atom. The van der Waals surface area contributed by atoms with Gasteiger partial charge in [0.15, 0.2) is 0 Å². The van der Waals surface area contributed by atoms with E-state index < -0.39 is 0 Å². The summed E-state index contributed by atoms with van der Waals surface area (Å²) in [5.41, 5.74) is 1.13. The van der Waals surface area contributed by atoms with Crippen LogP contribution >= 0.6 is 11.6 Å². The van der Waals surface area contributed by atoms with Crippen molar-refractivity contribution >= 4 is 11.6 Å². The van der Waals surface area contributed by atoms with E-state index >= 15 is 0 Å². The van der Waals surface area contributed by atoms with Gasteiger partial charge in [-0.15, -0.1) is 0 Å². The van der Waals surface area contributed by atoms with Crippen molar-refractivity contribution < 1.29 is 4.39 Å². The van der Waals surface area contributed by atoms with Crippen LogP contribution < -0.4 is 5.32 Å². The topological polar surface area (TPSA) is 12.0 Å². The SMILES string of the molecule is CCCNC(Cc1ccc(F)c(Cl)c1)C1CCC1. The Labute approximate surface area is 114 Å². The molecule has 1 aromatic rings. The highest BCUT2D eigenvalue weighted by atomic mass is 35.5. The van der Waals surface area contributed by atoms with Crippen LogP contribution in [0.15, 0.2) is 18.2 Å². The smallest absolute Gasteiger partial charge is 0.141 e. The maximum atomic E-state index is 13.1. The average Bonchev–Trinajstić information content (AvgIpc) is 2.28. The number of benzene rings is 1. The first-order valence-corrected chi connectivity index (χ1v) is 7.25. The predicted octanol–water partition coefficient (Wildman–Crippen LogP) is 4.19. The van der Waals surface area contributed by atoms with Gasteiger partial charge < -0.3 is 5.32 Å². The van der Waals surface area contributed by atoms with Crippen LogP contribution in [0.3, 0.4) is 0 Å². The molecule has 1 N–H and O–H groups in total. The van der Waals surface area contributed by atoms with Gasteiger partial charge in [0, 0.05) is 6.04 Å². The zero-order chi connectivity index (χ0) is 13.0. The monoisotopic (exact) mass is 269 g/mol. The first-order chi connectivity index (χ1) is 8.70. The van der Waals surface area contributed by atoms with Crippen LogP contribution in [0.4, 0.5) is 4.39 Å². The number of hydrogen-bond donors (Lipinski definition) is 1. The molecule has 0 aliphatic heterocycles. The van der Waals surface area contributed by atoms with Gasteiger partial charge in [0.1, 0.15) is 5.82 Å². The molecule has 18 heavy (non-hydrogen) atoms. The van der Waals surface area contributed by atoms with Crippen LogP contribution in [0.5, 0.6) is 0 Å². The maximum Gasteiger partial charge on any atom is 0.141 e. The molecule has 1 fully saturated rings. The van der Waals surface area contributed by atoms with Gasteiger partial charge in [-0.05, 0) is 55.8 Å². The number of halogens is 2. The molecular weight excluding hydrogens is 249 g/mol. The molecular formula is C15H21ClFN. The van der Waals surface area contributed by atoms with Gasteiger partial charge in [0.2, 0.25) is 0 Å². The molecule has 0 spiro atoms. The number of hydrogen-bond acceptors (Lipinski definition) is 1. The van der Waals surface area contributed by atoms with Crippen molar-refractivity contribution in [2.45, 2.75) is 45.1 Å². The number of rotatable bonds is 6. The van der Waals surface area contributed by atoms with Gasteiger partial charge in [0.05, 0.1) is 5.02 Å². The summed E-state index contributed by atoms with van der Waals surface area (Å²) in [6.07, 6.45) is 6.07. The van der Waals surface area contributed by atoms with E-state index in [0.717, 1.165) is 30.9 Å². The molecule has 100 valence electrons. The van der Waals surface area contributed by atoms with Crippen molar-refractivity contribution in [1.29, 1.82) is 0 Å². The Bertz CT molecular complexity index is 390. The van der Waals surface area contributed by atoms with Crippen LogP contribution in [0, 0.1) is 11.7 Å². The summed E-state index contributed by atoms with van der Waals surface area (Å²) in [5, 5.41) is 3.85. The van der Waals surface area contributed by atoms with Crippen molar-refractivity contribution in [3.8, 4) is 0 Å². The van der Waals surface area contributed by atoms with E-state index in [1.807, 2.05) is 6.07 Å². The lowest BCUT2D eigenvalue weighted by Gasteiger charge is -2.34. The van der Waals surface area contributed by atoms with Crippen molar-refractivity contribution in [1.82, 2.24) is 5.32 Å². The molecule has 0 bridgehead atoms. The molecule has 3 heteroatoms. The van der Waals surface area contributed by atoms with Gasteiger partial charge in [-0.1, -0.05) is 31.0 Å². The summed E-state index contributed by atoms with van der Waals surface area (Å²) in [7, 11) is 0. The highest BCUT2D eigenvalue weighted by Gasteiger charge is 2.26. The standard InChI is InChI=1S/C15H21ClFN/c1-2-8-18-15(12-4-3-5-12)10-11-6-7-14(17)13(16)9-11/h6-7,9,12,15,18H,2-5,8,10H2,1H3. The van der Waals surface area contributed by atoms with Gasteiger partial charge in [0.25, 0.3) is 0 Å². The lowest BCUT2D eigenvalue weighted by molar-refractivity contribution is 0.227. The van der Waals surface area contributed by atoms with Crippen LogP contribution in [0.1, 0.15) is 38.2 Å². The van der Waals surface area contributed by atoms with E-state index in [9.17, 15) is 4.39 Å². The summed E-state index contributed by atoms with van der Waals surface area (Å²) < 4.78 is 13.1. The number of nitrogens with one attached hydrogen (secondary N) is 1. The Kier molecular flexibility index (Phi) is 5.02. The normalized spacial score (nSPS) is 17.5. The maximum absolute atomic E-state index is 13.1. The molecule has 1 saturated carbocycles. The van der Waals surface area contributed by atoms with E-state index in [4.69, 9.17) is 11.6 Å². The second-order valence-corrected chi connectivity index (χ2v) is 5.61. The zero-order valence-corrected chi connectivity index (χ0v) is 11.6. The van der Waals surface area contributed by atoms with Gasteiger partial charge in [-0.3, -0.25) is 0 Å². The van der Waals surface area contributed by atoms with Crippen molar-refractivity contribution in [3.63, 3.8) is 0 Å². The Balaban J connectivity index is 1.99. The quantitative estimate of drug-likeness (QED) is 0.817. The van der Waals surface area contributed by atoms with Crippen LogP contribution in [-0.2, 0) is 6.42 Å². The minimum Gasteiger partial charge on any atom is -0.313 e. The fraction of sp³-hybridized carbons (Fsp3) is 0.600. The summed E-state index contributed by atoms with van der Waals surface area (Å²) in [6, 6.07) is 5.59. The van der Waals surface area contributed by atoms with Gasteiger partial charge in [-0.25, -0.2) is 4.39 Å². The van der Waals surface area contributed by atoms with Crippen LogP contribution in [0.2, 0.25) is 5.02 Å². The molecule has 0 amide bonds. The summed E-state index contributed by atoms with van der Waals surface area (Å²) >= 11 is 5.83. The van der Waals surface area contributed by atoms with Crippen LogP contribution in [-0.4, -0.2) is 12.6 Å². The highest BCUT2D eigenvalue weighted by Crippen LogP contribution is 2.31. The summed E-state index contributed by atoms with van der Waals surface area (Å²) in [5.74, 6) is 0.447. The molecule has 0 saturated heterocycles. The third kappa shape index (κ3) is 3.46. The molecule has 1 unspecified atom stereocenters. The lowest BCUT2D eigenvalue weighted by Crippen LogP contribution is -2.41. The molecule has 1 aliphatic rings. The fourth-order valence-electron chi connectivity index (χ4n) is 2.50. The first kappa shape index (κ1) is 13.8. The molecule has 1 atom stereocenters. The Hall–Kier alpha value is -0.600. The third-order valence-electron chi connectivity index (χ3n) is 3.82. The zero-order valence-electron chi connectivity index (χ0n) is 10.9. The fourth-order valence-corrected chi connectivity index (χ4v) is 2.70. The summed E-state index contributed by atoms with van der Waals surface area (Å²) in [6.45, 7) is 3.23. The molecule has 1 aromatic carbocycles. The Morgan fingerprint density at radius 1 is 1.44 bits per heavy atom. The molecule has 2 rings (SSSR count). The lowest BCUT2D eigenvalue weighted by atomic mass is 9.77. The van der Waals surface area contributed by atoms with E-state index in [-0.39, 0.29) is 10.8 Å².